The van der Waals surface area contributed by atoms with Crippen molar-refractivity contribution in [3.63, 3.8) is 0 Å². The number of fused-ring (bicyclic) bond motifs is 2. The zero-order valence-corrected chi connectivity index (χ0v) is 21.4. The van der Waals surface area contributed by atoms with Crippen LogP contribution in [0, 0.1) is 11.7 Å². The molecule has 0 aliphatic heterocycles. The number of amides is 2. The molecule has 3 N–H and O–H groups in total. The van der Waals surface area contributed by atoms with E-state index in [1.54, 1.807) is 18.2 Å². The first-order valence-corrected chi connectivity index (χ1v) is 12.1. The van der Waals surface area contributed by atoms with Crippen LogP contribution in [-0.4, -0.2) is 57.5 Å². The SMILES string of the molecule is CC(=O)N(C)c1c(F)c(Cl)c(-c2ccc3nc(NC(=O)[C@@H]4C[C@@H]4F)sc3c2)c2cn[nH]c12.O=C(O)C(F)(F)F. The Kier molecular flexibility index (Phi) is 7.49. The second-order valence-corrected chi connectivity index (χ2v) is 9.85. The monoisotopic (exact) mass is 589 g/mol. The van der Waals surface area contributed by atoms with Crippen LogP contribution in [-0.2, 0) is 14.4 Å². The van der Waals surface area contributed by atoms with E-state index in [-0.39, 0.29) is 28.9 Å². The van der Waals surface area contributed by atoms with Gasteiger partial charge in [0.25, 0.3) is 0 Å². The van der Waals surface area contributed by atoms with Crippen LogP contribution in [0.3, 0.4) is 0 Å². The van der Waals surface area contributed by atoms with Crippen LogP contribution in [0.4, 0.5) is 32.8 Å². The first kappa shape index (κ1) is 28.2. The molecule has 2 amide bonds. The number of carbonyl (C=O) groups excluding carboxylic acids is 2. The number of halogens is 6. The molecule has 4 aromatic rings. The van der Waals surface area contributed by atoms with E-state index in [0.29, 0.717) is 32.7 Å². The number of carbonyl (C=O) groups is 3. The number of hydrogen-bond acceptors (Lipinski definition) is 6. The third kappa shape index (κ3) is 5.63. The molecule has 0 bridgehead atoms. The highest BCUT2D eigenvalue weighted by Crippen LogP contribution is 2.43. The minimum absolute atomic E-state index is 0.0221. The van der Waals surface area contributed by atoms with Gasteiger partial charge in [0.15, 0.2) is 10.9 Å². The van der Waals surface area contributed by atoms with Gasteiger partial charge in [0, 0.05) is 24.9 Å². The molecule has 2 heterocycles. The standard InChI is InChI=1S/C21H16ClF2N5O2S.C2HF3O2/c1-8(30)29(2)19-17(24)16(22)15(11-7-25-28-18(11)19)9-3-4-13-14(5-9)32-21(26-13)27-20(31)10-6-12(10)23;3-2(4,5)1(6)7/h3-5,7,10,12H,6H2,1-2H3,(H,25,28)(H,26,27,31);(H,6,7)/t10-,12+;/m1./s1. The van der Waals surface area contributed by atoms with E-state index >= 15 is 4.39 Å². The normalized spacial score (nSPS) is 16.5. The first-order valence-electron chi connectivity index (χ1n) is 10.9. The van der Waals surface area contributed by atoms with Crippen LogP contribution in [0.2, 0.25) is 5.02 Å². The number of anilines is 2. The van der Waals surface area contributed by atoms with E-state index in [1.807, 2.05) is 0 Å². The van der Waals surface area contributed by atoms with Crippen LogP contribution >= 0.6 is 22.9 Å². The second-order valence-electron chi connectivity index (χ2n) is 8.44. The van der Waals surface area contributed by atoms with E-state index in [9.17, 15) is 27.2 Å². The molecule has 1 fully saturated rings. The molecule has 2 atom stereocenters. The van der Waals surface area contributed by atoms with Gasteiger partial charge in [-0.05, 0) is 24.1 Å². The predicted octanol–water partition coefficient (Wildman–Crippen LogP) is 5.54. The van der Waals surface area contributed by atoms with Gasteiger partial charge < -0.3 is 15.3 Å². The Morgan fingerprint density at radius 1 is 1.28 bits per heavy atom. The number of hydrogen-bond donors (Lipinski definition) is 3. The maximum atomic E-state index is 15.3. The molecule has 1 saturated carbocycles. The number of aromatic amines is 1. The maximum Gasteiger partial charge on any atom is 0.490 e. The van der Waals surface area contributed by atoms with E-state index in [4.69, 9.17) is 21.5 Å². The van der Waals surface area contributed by atoms with Gasteiger partial charge in [0.1, 0.15) is 11.9 Å². The molecule has 2 aromatic carbocycles. The fourth-order valence-electron chi connectivity index (χ4n) is 3.62. The van der Waals surface area contributed by atoms with Crippen molar-refractivity contribution < 1.29 is 41.4 Å². The number of benzene rings is 2. The molecule has 16 heteroatoms. The third-order valence-corrected chi connectivity index (χ3v) is 7.06. The Balaban J connectivity index is 0.000000448. The number of H-pyrrole nitrogens is 1. The number of thiazole rings is 1. The van der Waals surface area contributed by atoms with Gasteiger partial charge in [0.2, 0.25) is 11.8 Å². The Morgan fingerprint density at radius 3 is 2.49 bits per heavy atom. The highest BCUT2D eigenvalue weighted by Gasteiger charge is 2.44. The number of aromatic nitrogens is 3. The van der Waals surface area contributed by atoms with Crippen LogP contribution in [0.1, 0.15) is 13.3 Å². The average Bonchev–Trinajstić information content (AvgIpc) is 3.22. The molecule has 0 unspecified atom stereocenters. The van der Waals surface area contributed by atoms with Gasteiger partial charge in [-0.2, -0.15) is 18.3 Å². The summed E-state index contributed by atoms with van der Waals surface area (Å²) >= 11 is 7.67. The molecule has 1 aliphatic rings. The highest BCUT2D eigenvalue weighted by atomic mass is 35.5. The number of nitrogens with one attached hydrogen (secondary N) is 2. The summed E-state index contributed by atoms with van der Waals surface area (Å²) in [6.45, 7) is 1.33. The largest absolute Gasteiger partial charge is 0.490 e. The number of carboxylic acid groups (broad SMARTS) is 1. The topological polar surface area (TPSA) is 128 Å². The minimum Gasteiger partial charge on any atom is -0.475 e. The van der Waals surface area contributed by atoms with Gasteiger partial charge in [-0.25, -0.2) is 18.6 Å². The van der Waals surface area contributed by atoms with Crippen molar-refractivity contribution in [1.82, 2.24) is 15.2 Å². The molecule has 39 heavy (non-hydrogen) atoms. The maximum absolute atomic E-state index is 15.3. The van der Waals surface area contributed by atoms with Crippen LogP contribution in [0.25, 0.3) is 32.2 Å². The fraction of sp³-hybridized carbons (Fsp3) is 0.261. The highest BCUT2D eigenvalue weighted by molar-refractivity contribution is 7.22. The second kappa shape index (κ2) is 10.4. The molecular formula is C23H17ClF5N5O4S. The number of nitrogens with zero attached hydrogens (tertiary/aromatic N) is 3. The van der Waals surface area contributed by atoms with Gasteiger partial charge in [-0.3, -0.25) is 14.7 Å². The Morgan fingerprint density at radius 2 is 1.92 bits per heavy atom. The van der Waals surface area contributed by atoms with Crippen LogP contribution < -0.4 is 10.2 Å². The van der Waals surface area contributed by atoms with Crippen LogP contribution in [0.5, 0.6) is 0 Å². The van der Waals surface area contributed by atoms with Gasteiger partial charge in [-0.1, -0.05) is 29.0 Å². The Hall–Kier alpha value is -3.85. The quantitative estimate of drug-likeness (QED) is 0.268. The minimum atomic E-state index is -5.08. The lowest BCUT2D eigenvalue weighted by atomic mass is 10.00. The molecule has 9 nitrogen and oxygen atoms in total. The van der Waals surface area contributed by atoms with Crippen molar-refractivity contribution in [2.45, 2.75) is 25.7 Å². The molecular weight excluding hydrogens is 573 g/mol. The predicted molar refractivity (Wildman–Crippen MR) is 134 cm³/mol. The van der Waals surface area contributed by atoms with Crippen molar-refractivity contribution in [3.05, 3.63) is 35.2 Å². The fourth-order valence-corrected chi connectivity index (χ4v) is 4.83. The lowest BCUT2D eigenvalue weighted by Crippen LogP contribution is -2.24. The Labute approximate surface area is 224 Å². The number of alkyl halides is 4. The smallest absolute Gasteiger partial charge is 0.475 e. The summed E-state index contributed by atoms with van der Waals surface area (Å²) in [6, 6.07) is 5.27. The molecule has 2 aromatic heterocycles. The zero-order valence-electron chi connectivity index (χ0n) is 19.9. The van der Waals surface area contributed by atoms with Crippen molar-refractivity contribution in [1.29, 1.82) is 0 Å². The molecule has 0 saturated heterocycles. The summed E-state index contributed by atoms with van der Waals surface area (Å²) < 4.78 is 60.9. The summed E-state index contributed by atoms with van der Waals surface area (Å²) in [6.07, 6.45) is -4.41. The number of rotatable bonds is 4. The van der Waals surface area contributed by atoms with Gasteiger partial charge >= 0.3 is 12.1 Å². The lowest BCUT2D eigenvalue weighted by molar-refractivity contribution is -0.192. The summed E-state index contributed by atoms with van der Waals surface area (Å²) in [5.41, 5.74) is 2.05. The van der Waals surface area contributed by atoms with Crippen LogP contribution in [0.15, 0.2) is 24.4 Å². The summed E-state index contributed by atoms with van der Waals surface area (Å²) in [5, 5.41) is 17.3. The number of carboxylic acids is 1. The van der Waals surface area contributed by atoms with E-state index in [0.717, 1.165) is 4.70 Å². The average molecular weight is 590 g/mol. The van der Waals surface area contributed by atoms with Crippen molar-refractivity contribution in [2.24, 2.45) is 5.92 Å². The molecule has 5 rings (SSSR count). The van der Waals surface area contributed by atoms with Crippen molar-refractivity contribution in [3.8, 4) is 11.1 Å². The van der Waals surface area contributed by atoms with Gasteiger partial charge in [-0.15, -0.1) is 0 Å². The summed E-state index contributed by atoms with van der Waals surface area (Å²) in [5.74, 6) is -4.84. The Bertz CT molecular complexity index is 1620. The summed E-state index contributed by atoms with van der Waals surface area (Å²) in [4.78, 5) is 38.3. The zero-order chi connectivity index (χ0) is 28.8. The van der Waals surface area contributed by atoms with Crippen molar-refractivity contribution >= 4 is 72.7 Å². The molecule has 206 valence electrons. The molecule has 1 aliphatic carbocycles. The third-order valence-electron chi connectivity index (χ3n) is 5.77. The van der Waals surface area contributed by atoms with Gasteiger partial charge in [0.05, 0.1) is 32.9 Å². The van der Waals surface area contributed by atoms with E-state index < -0.39 is 30.1 Å². The molecule has 0 spiro atoms. The number of aliphatic carboxylic acids is 1. The van der Waals surface area contributed by atoms with Crippen molar-refractivity contribution in [2.75, 3.05) is 17.3 Å². The van der Waals surface area contributed by atoms with E-state index in [2.05, 4.69) is 20.5 Å². The van der Waals surface area contributed by atoms with E-state index in [1.165, 1.54) is 36.4 Å². The summed E-state index contributed by atoms with van der Waals surface area (Å²) in [7, 11) is 1.46. The lowest BCUT2D eigenvalue weighted by Gasteiger charge is -2.19. The molecule has 0 radical (unpaired) electrons. The first-order chi connectivity index (χ1) is 18.2.